The van der Waals surface area contributed by atoms with Crippen LogP contribution in [-0.4, -0.2) is 29.7 Å². The minimum Gasteiger partial charge on any atom is -0.382 e. The van der Waals surface area contributed by atoms with Crippen molar-refractivity contribution < 1.29 is 4.74 Å². The Labute approximate surface area is 196 Å². The average Bonchev–Trinajstić information content (AvgIpc) is 3.21. The van der Waals surface area contributed by atoms with Crippen molar-refractivity contribution in [2.24, 2.45) is 33.0 Å². The molecule has 5 rings (SSSR count). The van der Waals surface area contributed by atoms with Gasteiger partial charge in [0.05, 0.1) is 11.8 Å². The average molecular weight is 441 g/mol. The predicted molar refractivity (Wildman–Crippen MR) is 133 cm³/mol. The molecule has 3 aliphatic rings. The summed E-state index contributed by atoms with van der Waals surface area (Å²) in [6.07, 6.45) is 6.94. The van der Waals surface area contributed by atoms with Gasteiger partial charge in [-0.25, -0.2) is 4.99 Å². The van der Waals surface area contributed by atoms with E-state index in [-0.39, 0.29) is 11.5 Å². The largest absolute Gasteiger partial charge is 0.382 e. The van der Waals surface area contributed by atoms with Gasteiger partial charge in [0.25, 0.3) is 0 Å². The Morgan fingerprint density at radius 1 is 1.06 bits per heavy atom. The van der Waals surface area contributed by atoms with Gasteiger partial charge in [0, 0.05) is 41.6 Å². The SMILES string of the molecule is CC#Cc1cncc(-c2ccc3c(c2)[C@@]2(N=C(C)C(N)=N2)[C@@]2(C3)C[C@@H](C)[C@H](OC)[C@@H](C)C2)c1. The Balaban J connectivity index is 1.66. The Morgan fingerprint density at radius 3 is 2.45 bits per heavy atom. The highest BCUT2D eigenvalue weighted by Gasteiger charge is 2.62. The van der Waals surface area contributed by atoms with Crippen LogP contribution in [0.25, 0.3) is 11.1 Å². The standard InChI is InChI=1S/C28H32N4O/c1-6-7-20-10-23(16-30-15-20)21-8-9-22-14-27(12-17(2)25(33-5)18(3)13-27)28(24(22)11-21)31-19(4)26(29)32-28/h8-11,15-18,25H,12-14H2,1-5H3,(H2,29,32)/t17-,18+,25+,27+,28-/m0/s1. The van der Waals surface area contributed by atoms with Crippen molar-refractivity contribution in [1.82, 2.24) is 4.98 Å². The first-order valence-corrected chi connectivity index (χ1v) is 11.8. The first-order valence-electron chi connectivity index (χ1n) is 11.8. The summed E-state index contributed by atoms with van der Waals surface area (Å²) in [6.45, 7) is 8.43. The third-order valence-electron chi connectivity index (χ3n) is 7.90. The number of aromatic nitrogens is 1. The molecule has 2 N–H and O–H groups in total. The van der Waals surface area contributed by atoms with Gasteiger partial charge in [-0.2, -0.15) is 0 Å². The maximum absolute atomic E-state index is 6.37. The second-order valence-electron chi connectivity index (χ2n) is 10.1. The lowest BCUT2D eigenvalue weighted by molar-refractivity contribution is -0.0729. The van der Waals surface area contributed by atoms with Crippen LogP contribution in [0.5, 0.6) is 0 Å². The van der Waals surface area contributed by atoms with Crippen LogP contribution in [0.1, 0.15) is 57.2 Å². The van der Waals surface area contributed by atoms with Crippen LogP contribution in [0.15, 0.2) is 46.6 Å². The van der Waals surface area contributed by atoms with Gasteiger partial charge in [0.1, 0.15) is 5.84 Å². The van der Waals surface area contributed by atoms with E-state index in [1.165, 1.54) is 11.1 Å². The van der Waals surface area contributed by atoms with E-state index in [1.54, 1.807) is 6.20 Å². The van der Waals surface area contributed by atoms with Crippen molar-refractivity contribution in [3.8, 4) is 23.0 Å². The first-order chi connectivity index (χ1) is 15.8. The van der Waals surface area contributed by atoms with Gasteiger partial charge in [-0.05, 0) is 68.2 Å². The highest BCUT2D eigenvalue weighted by molar-refractivity contribution is 6.41. The number of ether oxygens (including phenoxy) is 1. The summed E-state index contributed by atoms with van der Waals surface area (Å²) in [6, 6.07) is 8.81. The van der Waals surface area contributed by atoms with Crippen molar-refractivity contribution in [3.05, 3.63) is 53.3 Å². The lowest BCUT2D eigenvalue weighted by atomic mass is 9.59. The van der Waals surface area contributed by atoms with Crippen LogP contribution in [-0.2, 0) is 16.8 Å². The topological polar surface area (TPSA) is 72.9 Å². The second kappa shape index (κ2) is 7.81. The zero-order chi connectivity index (χ0) is 23.4. The van der Waals surface area contributed by atoms with Gasteiger partial charge in [0.2, 0.25) is 0 Å². The Kier molecular flexibility index (Phi) is 5.17. The van der Waals surface area contributed by atoms with Crippen LogP contribution in [0.2, 0.25) is 0 Å². The van der Waals surface area contributed by atoms with Crippen molar-refractivity contribution in [3.63, 3.8) is 0 Å². The van der Waals surface area contributed by atoms with Crippen LogP contribution in [0.3, 0.4) is 0 Å². The molecule has 2 heterocycles. The van der Waals surface area contributed by atoms with E-state index < -0.39 is 5.66 Å². The van der Waals surface area contributed by atoms with Crippen molar-refractivity contribution >= 4 is 11.5 Å². The molecule has 1 aliphatic heterocycles. The third kappa shape index (κ3) is 3.23. The van der Waals surface area contributed by atoms with Crippen LogP contribution in [0, 0.1) is 29.1 Å². The molecule has 2 aliphatic carbocycles. The van der Waals surface area contributed by atoms with E-state index in [0.29, 0.717) is 17.7 Å². The molecule has 2 aromatic rings. The number of nitrogens with zero attached hydrogens (tertiary/aromatic N) is 3. The molecule has 5 nitrogen and oxygen atoms in total. The van der Waals surface area contributed by atoms with E-state index in [0.717, 1.165) is 41.7 Å². The molecule has 0 saturated heterocycles. The molecule has 5 atom stereocenters. The number of amidine groups is 1. The maximum Gasteiger partial charge on any atom is 0.184 e. The molecule has 5 heteroatoms. The molecule has 170 valence electrons. The zero-order valence-electron chi connectivity index (χ0n) is 20.1. The molecule has 0 amide bonds. The monoisotopic (exact) mass is 440 g/mol. The second-order valence-corrected chi connectivity index (χ2v) is 10.1. The molecular formula is C28H32N4O. The Bertz CT molecular complexity index is 1200. The van der Waals surface area contributed by atoms with E-state index in [4.69, 9.17) is 20.5 Å². The number of fused-ring (bicyclic) bond motifs is 3. The number of hydrogen-bond acceptors (Lipinski definition) is 5. The van der Waals surface area contributed by atoms with Crippen molar-refractivity contribution in [2.75, 3.05) is 7.11 Å². The molecule has 0 radical (unpaired) electrons. The third-order valence-corrected chi connectivity index (χ3v) is 7.90. The number of pyridine rings is 1. The first kappa shape index (κ1) is 21.9. The van der Waals surface area contributed by atoms with E-state index in [9.17, 15) is 0 Å². The van der Waals surface area contributed by atoms with Gasteiger partial charge in [-0.15, -0.1) is 5.92 Å². The molecule has 1 fully saturated rings. The quantitative estimate of drug-likeness (QED) is 0.686. The van der Waals surface area contributed by atoms with Gasteiger partial charge in [0.15, 0.2) is 5.66 Å². The molecule has 2 spiro atoms. The molecule has 0 unspecified atom stereocenters. The fourth-order valence-electron chi connectivity index (χ4n) is 6.76. The summed E-state index contributed by atoms with van der Waals surface area (Å²) in [4.78, 5) is 14.8. The summed E-state index contributed by atoms with van der Waals surface area (Å²) < 4.78 is 5.88. The zero-order valence-corrected chi connectivity index (χ0v) is 20.1. The number of hydrogen-bond donors (Lipinski definition) is 1. The normalized spacial score (nSPS) is 32.3. The lowest BCUT2D eigenvalue weighted by Gasteiger charge is -2.49. The summed E-state index contributed by atoms with van der Waals surface area (Å²) in [5, 5.41) is 0. The number of aliphatic imine (C=N–C) groups is 2. The minimum absolute atomic E-state index is 0.0992. The van der Waals surface area contributed by atoms with Crippen LogP contribution < -0.4 is 5.73 Å². The van der Waals surface area contributed by atoms with Gasteiger partial charge >= 0.3 is 0 Å². The Morgan fingerprint density at radius 2 is 1.82 bits per heavy atom. The van der Waals surface area contributed by atoms with E-state index in [1.807, 2.05) is 27.2 Å². The minimum atomic E-state index is -0.665. The van der Waals surface area contributed by atoms with Gasteiger partial charge in [-0.1, -0.05) is 31.9 Å². The number of methoxy groups -OCH3 is 1. The number of rotatable bonds is 2. The van der Waals surface area contributed by atoms with Gasteiger partial charge in [-0.3, -0.25) is 9.98 Å². The van der Waals surface area contributed by atoms with Crippen molar-refractivity contribution in [2.45, 2.75) is 58.7 Å². The summed E-state index contributed by atoms with van der Waals surface area (Å²) >= 11 is 0. The number of benzene rings is 1. The molecular weight excluding hydrogens is 408 g/mol. The highest BCUT2D eigenvalue weighted by Crippen LogP contribution is 2.63. The molecule has 33 heavy (non-hydrogen) atoms. The van der Waals surface area contributed by atoms with Crippen LogP contribution in [0.4, 0.5) is 0 Å². The van der Waals surface area contributed by atoms with Crippen molar-refractivity contribution in [1.29, 1.82) is 0 Å². The predicted octanol–water partition coefficient (Wildman–Crippen LogP) is 4.73. The van der Waals surface area contributed by atoms with Gasteiger partial charge < -0.3 is 10.5 Å². The maximum atomic E-state index is 6.37. The summed E-state index contributed by atoms with van der Waals surface area (Å²) in [5.74, 6) is 7.47. The number of nitrogens with two attached hydrogens (primary N) is 1. The molecule has 1 aromatic heterocycles. The summed E-state index contributed by atoms with van der Waals surface area (Å²) in [7, 11) is 1.83. The highest BCUT2D eigenvalue weighted by atomic mass is 16.5. The molecule has 1 aromatic carbocycles. The fraction of sp³-hybridized carbons (Fsp3) is 0.464. The Hall–Kier alpha value is -2.97. The fourth-order valence-corrected chi connectivity index (χ4v) is 6.76. The van der Waals surface area contributed by atoms with E-state index >= 15 is 0 Å². The molecule has 0 bridgehead atoms. The lowest BCUT2D eigenvalue weighted by Crippen LogP contribution is -2.49. The van der Waals surface area contributed by atoms with Crippen LogP contribution >= 0.6 is 0 Å². The summed E-state index contributed by atoms with van der Waals surface area (Å²) in [5.41, 5.74) is 12.0. The smallest absolute Gasteiger partial charge is 0.184 e. The van der Waals surface area contributed by atoms with E-state index in [2.05, 4.69) is 54.9 Å². The molecule has 1 saturated carbocycles.